The number of allylic oxidation sites excluding steroid dienone is 3. The number of hydrogen-bond acceptors (Lipinski definition) is 5. The van der Waals surface area contributed by atoms with Crippen molar-refractivity contribution >= 4 is 40.3 Å². The Kier molecular flexibility index (Phi) is 8.42. The van der Waals surface area contributed by atoms with Crippen molar-refractivity contribution in [2.24, 2.45) is 0 Å². The Labute approximate surface area is 194 Å². The molecule has 6 nitrogen and oxygen atoms in total. The van der Waals surface area contributed by atoms with Gasteiger partial charge < -0.3 is 21.4 Å². The Morgan fingerprint density at radius 1 is 1.00 bits per heavy atom. The minimum absolute atomic E-state index is 0.0145. The topological polar surface area (TPSA) is 101 Å². The number of amides is 1. The number of halogens is 4. The van der Waals surface area contributed by atoms with Crippen molar-refractivity contribution in [2.45, 2.75) is 20.0 Å². The van der Waals surface area contributed by atoms with Gasteiger partial charge in [-0.1, -0.05) is 35.9 Å². The summed E-state index contributed by atoms with van der Waals surface area (Å²) >= 11 is 6.12. The summed E-state index contributed by atoms with van der Waals surface area (Å²) in [4.78, 5) is 12.6. The lowest BCUT2D eigenvalue weighted by Crippen LogP contribution is -2.29. The molecule has 0 radical (unpaired) electrons. The van der Waals surface area contributed by atoms with Crippen molar-refractivity contribution in [1.29, 1.82) is 10.8 Å². The van der Waals surface area contributed by atoms with E-state index in [1.807, 2.05) is 0 Å². The minimum atomic E-state index is -4.83. The molecule has 2 rings (SSSR count). The summed E-state index contributed by atoms with van der Waals surface area (Å²) in [5, 5.41) is 23.8. The first-order chi connectivity index (χ1) is 15.4. The van der Waals surface area contributed by atoms with Crippen LogP contribution in [0.1, 0.15) is 29.8 Å². The lowest BCUT2D eigenvalue weighted by Gasteiger charge is -2.15. The van der Waals surface area contributed by atoms with E-state index in [1.165, 1.54) is 31.2 Å². The molecule has 10 heteroatoms. The average Bonchev–Trinajstić information content (AvgIpc) is 2.76. The summed E-state index contributed by atoms with van der Waals surface area (Å²) in [5.41, 5.74) is 0.443. The molecule has 33 heavy (non-hydrogen) atoms. The van der Waals surface area contributed by atoms with Gasteiger partial charge in [-0.15, -0.1) is 0 Å². The van der Waals surface area contributed by atoms with Crippen LogP contribution in [-0.4, -0.2) is 30.6 Å². The van der Waals surface area contributed by atoms with Crippen LogP contribution in [0.25, 0.3) is 5.70 Å². The molecule has 0 aliphatic heterocycles. The predicted molar refractivity (Wildman–Crippen MR) is 126 cm³/mol. The van der Waals surface area contributed by atoms with Gasteiger partial charge >= 0.3 is 6.18 Å². The average molecular weight is 478 g/mol. The number of hydrogen-bond donors (Lipinski definition) is 5. The van der Waals surface area contributed by atoms with Crippen molar-refractivity contribution in [2.75, 3.05) is 12.4 Å². The van der Waals surface area contributed by atoms with E-state index in [-0.39, 0.29) is 17.0 Å². The van der Waals surface area contributed by atoms with Gasteiger partial charge in [-0.05, 0) is 49.8 Å². The Morgan fingerprint density at radius 3 is 2.09 bits per heavy atom. The number of benzene rings is 2. The maximum Gasteiger partial charge on any atom is 0.432 e. The highest BCUT2D eigenvalue weighted by atomic mass is 35.5. The van der Waals surface area contributed by atoms with Gasteiger partial charge in [0, 0.05) is 24.0 Å². The van der Waals surface area contributed by atoms with E-state index in [4.69, 9.17) is 22.4 Å². The normalized spacial score (nSPS) is 12.5. The molecule has 2 aromatic carbocycles. The van der Waals surface area contributed by atoms with Gasteiger partial charge in [0.2, 0.25) is 0 Å². The van der Waals surface area contributed by atoms with Crippen LogP contribution in [0.5, 0.6) is 0 Å². The van der Waals surface area contributed by atoms with Crippen LogP contribution < -0.4 is 16.0 Å². The van der Waals surface area contributed by atoms with Crippen LogP contribution in [0.2, 0.25) is 5.02 Å². The van der Waals surface area contributed by atoms with E-state index in [9.17, 15) is 18.0 Å². The van der Waals surface area contributed by atoms with Gasteiger partial charge in [-0.2, -0.15) is 13.2 Å². The molecule has 0 saturated carbocycles. The van der Waals surface area contributed by atoms with Gasteiger partial charge in [-0.25, -0.2) is 0 Å². The van der Waals surface area contributed by atoms with Crippen molar-refractivity contribution in [3.63, 3.8) is 0 Å². The van der Waals surface area contributed by atoms with Crippen LogP contribution in [0.4, 0.5) is 18.9 Å². The Hall–Kier alpha value is -3.59. The van der Waals surface area contributed by atoms with E-state index < -0.39 is 17.8 Å². The number of nitrogens with one attached hydrogen (secondary N) is 5. The highest BCUT2D eigenvalue weighted by Crippen LogP contribution is 2.27. The fourth-order valence-corrected chi connectivity index (χ4v) is 2.89. The summed E-state index contributed by atoms with van der Waals surface area (Å²) in [6, 6.07) is 12.3. The van der Waals surface area contributed by atoms with Gasteiger partial charge in [0.25, 0.3) is 5.91 Å². The molecule has 2 aromatic rings. The predicted octanol–water partition coefficient (Wildman–Crippen LogP) is 5.60. The van der Waals surface area contributed by atoms with Crippen LogP contribution in [0.15, 0.2) is 66.0 Å². The third-order valence-electron chi connectivity index (χ3n) is 4.56. The first kappa shape index (κ1) is 25.7. The van der Waals surface area contributed by atoms with E-state index in [1.54, 1.807) is 38.2 Å². The van der Waals surface area contributed by atoms with Crippen molar-refractivity contribution in [3.8, 4) is 0 Å². The number of rotatable bonds is 8. The first-order valence-electron chi connectivity index (χ1n) is 9.69. The molecule has 0 unspecified atom stereocenters. The van der Waals surface area contributed by atoms with Crippen LogP contribution in [-0.2, 0) is 0 Å². The number of carbonyl (C=O) groups is 1. The van der Waals surface area contributed by atoms with Gasteiger partial charge in [-0.3, -0.25) is 10.2 Å². The fraction of sp³-hybridized carbons (Fsp3) is 0.174. The molecule has 0 bridgehead atoms. The quantitative estimate of drug-likeness (QED) is 0.320. The number of alkyl halides is 3. The molecule has 5 N–H and O–H groups in total. The van der Waals surface area contributed by atoms with Crippen molar-refractivity contribution in [3.05, 3.63) is 82.2 Å². The number of anilines is 1. The summed E-state index contributed by atoms with van der Waals surface area (Å²) in [7, 11) is 1.66. The Morgan fingerprint density at radius 2 is 1.58 bits per heavy atom. The lowest BCUT2D eigenvalue weighted by atomic mass is 10.1. The third-order valence-corrected chi connectivity index (χ3v) is 4.89. The third kappa shape index (κ3) is 6.95. The standard InChI is InChI=1S/C23H23ClF3N5O/c1-13(28)21(14(2)30-3)32-22(33)16-10-8-15(9-11-16)19(12-20(29)23(25,26)27)31-18-7-5-4-6-17(18)24/h4-12,28-31H,1-3H3,(H,32,33)/b19-12-,21-14+,28-13?,29-20?. The van der Waals surface area contributed by atoms with E-state index >= 15 is 0 Å². The zero-order valence-corrected chi connectivity index (χ0v) is 18.9. The molecule has 0 heterocycles. The summed E-state index contributed by atoms with van der Waals surface area (Å²) in [6.07, 6.45) is -4.17. The summed E-state index contributed by atoms with van der Waals surface area (Å²) in [6.45, 7) is 3.25. The van der Waals surface area contributed by atoms with Gasteiger partial charge in [0.1, 0.15) is 5.71 Å². The maximum absolute atomic E-state index is 13.0. The van der Waals surface area contributed by atoms with E-state index in [0.717, 1.165) is 0 Å². The summed E-state index contributed by atoms with van der Waals surface area (Å²) in [5.74, 6) is -0.481. The number of para-hydroxylation sites is 1. The molecule has 1 amide bonds. The van der Waals surface area contributed by atoms with Gasteiger partial charge in [0.15, 0.2) is 0 Å². The van der Waals surface area contributed by atoms with Crippen LogP contribution >= 0.6 is 11.6 Å². The molecule has 174 valence electrons. The molecule has 0 saturated heterocycles. The van der Waals surface area contributed by atoms with Crippen LogP contribution in [0, 0.1) is 10.8 Å². The van der Waals surface area contributed by atoms with E-state index in [2.05, 4.69) is 16.0 Å². The minimum Gasteiger partial charge on any atom is -0.390 e. The zero-order chi connectivity index (χ0) is 24.8. The maximum atomic E-state index is 13.0. The first-order valence-corrected chi connectivity index (χ1v) is 10.1. The highest BCUT2D eigenvalue weighted by molar-refractivity contribution is 6.33. The molecular formula is C23H23ClF3N5O. The number of carbonyl (C=O) groups excluding carboxylic acids is 1. The molecular weight excluding hydrogens is 455 g/mol. The molecule has 0 aromatic heterocycles. The van der Waals surface area contributed by atoms with Crippen LogP contribution in [0.3, 0.4) is 0 Å². The SMILES string of the molecule is CN/C(C)=C(/NC(=O)c1ccc(/C(=C/C(=N)C(F)(F)F)Nc2ccccc2Cl)cc1)C(C)=N. The molecule has 0 spiro atoms. The van der Waals surface area contributed by atoms with Crippen molar-refractivity contribution < 1.29 is 18.0 Å². The Bertz CT molecular complexity index is 1120. The largest absolute Gasteiger partial charge is 0.432 e. The second kappa shape index (κ2) is 10.8. The van der Waals surface area contributed by atoms with Gasteiger partial charge in [0.05, 0.1) is 22.1 Å². The summed E-state index contributed by atoms with van der Waals surface area (Å²) < 4.78 is 39.0. The Balaban J connectivity index is 2.38. The lowest BCUT2D eigenvalue weighted by molar-refractivity contribution is -0.0583. The van der Waals surface area contributed by atoms with Crippen molar-refractivity contribution in [1.82, 2.24) is 10.6 Å². The molecule has 0 aliphatic carbocycles. The molecule has 0 aliphatic rings. The second-order valence-electron chi connectivity index (χ2n) is 6.98. The monoisotopic (exact) mass is 477 g/mol. The molecule has 0 atom stereocenters. The van der Waals surface area contributed by atoms with E-state index in [0.29, 0.717) is 33.7 Å². The fourth-order valence-electron chi connectivity index (χ4n) is 2.71. The second-order valence-corrected chi connectivity index (χ2v) is 7.39. The smallest absolute Gasteiger partial charge is 0.390 e. The highest BCUT2D eigenvalue weighted by Gasteiger charge is 2.33. The molecule has 0 fully saturated rings. The zero-order valence-electron chi connectivity index (χ0n) is 18.1.